The highest BCUT2D eigenvalue weighted by Crippen LogP contribution is 2.15. The van der Waals surface area contributed by atoms with Crippen LogP contribution in [-0.4, -0.2) is 34.3 Å². The maximum Gasteiger partial charge on any atom is 0.258 e. The average molecular weight is 394 g/mol. The summed E-state index contributed by atoms with van der Waals surface area (Å²) in [5, 5.41) is 0. The third kappa shape index (κ3) is 4.98. The first-order chi connectivity index (χ1) is 14.0. The second-order valence-corrected chi connectivity index (χ2v) is 6.48. The van der Waals surface area contributed by atoms with Crippen LogP contribution in [0.5, 0.6) is 5.75 Å². The number of amides is 2. The van der Waals surface area contributed by atoms with Gasteiger partial charge in [-0.2, -0.15) is 0 Å². The first kappa shape index (κ1) is 20.1. The van der Waals surface area contributed by atoms with E-state index in [2.05, 4.69) is 15.8 Å². The van der Waals surface area contributed by atoms with Crippen molar-refractivity contribution in [2.45, 2.75) is 26.3 Å². The molecule has 0 aliphatic carbocycles. The van der Waals surface area contributed by atoms with E-state index in [0.29, 0.717) is 17.1 Å². The topological polar surface area (TPSA) is 102 Å². The van der Waals surface area contributed by atoms with Crippen LogP contribution >= 0.6 is 0 Å². The first-order valence-electron chi connectivity index (χ1n) is 9.14. The lowest BCUT2D eigenvalue weighted by atomic mass is 10.1. The molecular formula is C21H22N4O4. The Morgan fingerprint density at radius 1 is 0.966 bits per heavy atom. The fourth-order valence-corrected chi connectivity index (χ4v) is 2.93. The van der Waals surface area contributed by atoms with Gasteiger partial charge in [0.25, 0.3) is 5.91 Å². The Labute approximate surface area is 167 Å². The molecule has 8 heteroatoms. The largest absolute Gasteiger partial charge is 0.497 e. The number of para-hydroxylation sites is 2. The van der Waals surface area contributed by atoms with Crippen molar-refractivity contribution in [2.24, 2.45) is 0 Å². The Bertz CT molecular complexity index is 1040. The number of carbonyl (C=O) groups is 3. The molecule has 0 bridgehead atoms. The van der Waals surface area contributed by atoms with Crippen molar-refractivity contribution in [3.63, 3.8) is 0 Å². The van der Waals surface area contributed by atoms with Crippen molar-refractivity contribution in [1.82, 2.24) is 20.4 Å². The number of ether oxygens (including phenoxy) is 1. The molecule has 0 saturated carbocycles. The molecule has 0 fully saturated rings. The number of benzene rings is 2. The lowest BCUT2D eigenvalue weighted by Crippen LogP contribution is -2.43. The van der Waals surface area contributed by atoms with Crippen molar-refractivity contribution >= 4 is 28.6 Å². The van der Waals surface area contributed by atoms with Crippen LogP contribution in [0.4, 0.5) is 0 Å². The quantitative estimate of drug-likeness (QED) is 0.472. The number of hydrogen-bond donors (Lipinski definition) is 2. The minimum absolute atomic E-state index is 0.0252. The standard InChI is InChI=1S/C21H22N4O4/c1-14-22-17-5-3-4-6-18(17)25(14)13-21(28)24-23-20(27)12-11-19(26)15-7-9-16(29-2)10-8-15/h3-10H,11-13H2,1-2H3,(H,23,27)(H,24,28). The van der Waals surface area contributed by atoms with Gasteiger partial charge < -0.3 is 9.30 Å². The third-order valence-electron chi connectivity index (χ3n) is 4.48. The molecule has 0 aliphatic heterocycles. The molecule has 3 aromatic rings. The molecule has 8 nitrogen and oxygen atoms in total. The molecule has 150 valence electrons. The van der Waals surface area contributed by atoms with Gasteiger partial charge in [0.15, 0.2) is 5.78 Å². The molecule has 1 heterocycles. The van der Waals surface area contributed by atoms with E-state index in [1.165, 1.54) is 0 Å². The molecule has 1 aromatic heterocycles. The molecule has 2 aromatic carbocycles. The van der Waals surface area contributed by atoms with Gasteiger partial charge in [0, 0.05) is 18.4 Å². The Balaban J connectivity index is 1.46. The maximum absolute atomic E-state index is 12.2. The lowest BCUT2D eigenvalue weighted by molar-refractivity contribution is -0.129. The van der Waals surface area contributed by atoms with Crippen molar-refractivity contribution < 1.29 is 19.1 Å². The summed E-state index contributed by atoms with van der Waals surface area (Å²) < 4.78 is 6.82. The van der Waals surface area contributed by atoms with Crippen molar-refractivity contribution in [1.29, 1.82) is 0 Å². The Kier molecular flexibility index (Phi) is 6.23. The number of methoxy groups -OCH3 is 1. The number of Topliss-reactive ketones (excluding diaryl/α,β-unsaturated/α-hetero) is 1. The molecule has 0 spiro atoms. The summed E-state index contributed by atoms with van der Waals surface area (Å²) in [6.45, 7) is 1.84. The summed E-state index contributed by atoms with van der Waals surface area (Å²) >= 11 is 0. The van der Waals surface area contributed by atoms with Crippen LogP contribution in [0.3, 0.4) is 0 Å². The van der Waals surface area contributed by atoms with E-state index in [0.717, 1.165) is 11.0 Å². The molecule has 2 N–H and O–H groups in total. The van der Waals surface area contributed by atoms with E-state index in [-0.39, 0.29) is 31.1 Å². The zero-order valence-electron chi connectivity index (χ0n) is 16.3. The normalized spacial score (nSPS) is 10.6. The Morgan fingerprint density at radius 3 is 2.38 bits per heavy atom. The van der Waals surface area contributed by atoms with Crippen LogP contribution in [0.15, 0.2) is 48.5 Å². The Hall–Kier alpha value is -3.68. The lowest BCUT2D eigenvalue weighted by Gasteiger charge is -2.09. The van der Waals surface area contributed by atoms with Crippen LogP contribution < -0.4 is 15.6 Å². The predicted molar refractivity (Wildman–Crippen MR) is 107 cm³/mol. The summed E-state index contributed by atoms with van der Waals surface area (Å²) in [5.41, 5.74) is 6.87. The van der Waals surface area contributed by atoms with Crippen LogP contribution in [-0.2, 0) is 16.1 Å². The molecule has 29 heavy (non-hydrogen) atoms. The second-order valence-electron chi connectivity index (χ2n) is 6.48. The third-order valence-corrected chi connectivity index (χ3v) is 4.48. The maximum atomic E-state index is 12.2. The molecule has 3 rings (SSSR count). The SMILES string of the molecule is COc1ccc(C(=O)CCC(=O)NNC(=O)Cn2c(C)nc3ccccc32)cc1. The van der Waals surface area contributed by atoms with E-state index in [4.69, 9.17) is 4.74 Å². The number of hydrazine groups is 1. The molecule has 0 unspecified atom stereocenters. The number of carbonyl (C=O) groups excluding carboxylic acids is 3. The van der Waals surface area contributed by atoms with E-state index in [1.807, 2.05) is 31.2 Å². The summed E-state index contributed by atoms with van der Waals surface area (Å²) in [5.74, 6) is 0.383. The average Bonchev–Trinajstić information content (AvgIpc) is 3.05. The number of aryl methyl sites for hydroxylation is 1. The van der Waals surface area contributed by atoms with Crippen molar-refractivity contribution in [3.05, 3.63) is 59.9 Å². The predicted octanol–water partition coefficient (Wildman–Crippen LogP) is 2.16. The van der Waals surface area contributed by atoms with Crippen LogP contribution in [0.25, 0.3) is 11.0 Å². The Morgan fingerprint density at radius 2 is 1.66 bits per heavy atom. The van der Waals surface area contributed by atoms with Gasteiger partial charge >= 0.3 is 0 Å². The molecule has 0 aliphatic rings. The van der Waals surface area contributed by atoms with Gasteiger partial charge in [0.2, 0.25) is 5.91 Å². The van der Waals surface area contributed by atoms with Gasteiger partial charge in [-0.3, -0.25) is 25.2 Å². The molecule has 0 atom stereocenters. The van der Waals surface area contributed by atoms with Gasteiger partial charge in [0.05, 0.1) is 18.1 Å². The van der Waals surface area contributed by atoms with Crippen molar-refractivity contribution in [3.8, 4) is 5.75 Å². The summed E-state index contributed by atoms with van der Waals surface area (Å²) in [6, 6.07) is 14.2. The van der Waals surface area contributed by atoms with Gasteiger partial charge in [0.1, 0.15) is 18.1 Å². The molecule has 0 radical (unpaired) electrons. The summed E-state index contributed by atoms with van der Waals surface area (Å²) in [7, 11) is 1.55. The number of nitrogens with one attached hydrogen (secondary N) is 2. The fraction of sp³-hybridized carbons (Fsp3) is 0.238. The highest BCUT2D eigenvalue weighted by atomic mass is 16.5. The van der Waals surface area contributed by atoms with Crippen molar-refractivity contribution in [2.75, 3.05) is 7.11 Å². The molecule has 2 amide bonds. The number of ketones is 1. The second kappa shape index (κ2) is 9.01. The van der Waals surface area contributed by atoms with Gasteiger partial charge in [-0.25, -0.2) is 4.98 Å². The fourth-order valence-electron chi connectivity index (χ4n) is 2.93. The smallest absolute Gasteiger partial charge is 0.258 e. The van der Waals surface area contributed by atoms with Crippen LogP contribution in [0, 0.1) is 6.92 Å². The van der Waals surface area contributed by atoms with E-state index in [9.17, 15) is 14.4 Å². The minimum atomic E-state index is -0.438. The number of aromatic nitrogens is 2. The number of imidazole rings is 1. The van der Waals surface area contributed by atoms with E-state index >= 15 is 0 Å². The zero-order chi connectivity index (χ0) is 20.8. The van der Waals surface area contributed by atoms with Gasteiger partial charge in [-0.15, -0.1) is 0 Å². The van der Waals surface area contributed by atoms with Crippen LogP contribution in [0.1, 0.15) is 29.0 Å². The van der Waals surface area contributed by atoms with Gasteiger partial charge in [-0.1, -0.05) is 12.1 Å². The van der Waals surface area contributed by atoms with Gasteiger partial charge in [-0.05, 0) is 43.3 Å². The number of nitrogens with zero attached hydrogens (tertiary/aromatic N) is 2. The van der Waals surface area contributed by atoms with E-state index < -0.39 is 5.91 Å². The van der Waals surface area contributed by atoms with Crippen LogP contribution in [0.2, 0.25) is 0 Å². The number of rotatable bonds is 7. The summed E-state index contributed by atoms with van der Waals surface area (Å²) in [6.07, 6.45) is 0.0114. The summed E-state index contributed by atoms with van der Waals surface area (Å²) in [4.78, 5) is 40.7. The number of fused-ring (bicyclic) bond motifs is 1. The zero-order valence-corrected chi connectivity index (χ0v) is 16.3. The molecule has 0 saturated heterocycles. The highest BCUT2D eigenvalue weighted by molar-refractivity contribution is 5.98. The number of hydrogen-bond acceptors (Lipinski definition) is 5. The first-order valence-corrected chi connectivity index (χ1v) is 9.14. The highest BCUT2D eigenvalue weighted by Gasteiger charge is 2.13. The minimum Gasteiger partial charge on any atom is -0.497 e. The monoisotopic (exact) mass is 394 g/mol. The van der Waals surface area contributed by atoms with E-state index in [1.54, 1.807) is 35.9 Å². The molecular weight excluding hydrogens is 372 g/mol.